The maximum atomic E-state index is 10.7. The number of halogens is 2. The molecule has 0 saturated heterocycles. The summed E-state index contributed by atoms with van der Waals surface area (Å²) in [6.07, 6.45) is -0.673. The summed E-state index contributed by atoms with van der Waals surface area (Å²) >= 11 is 9.65. The molecule has 0 heterocycles. The third-order valence-corrected chi connectivity index (χ3v) is 4.33. The molecule has 2 aromatic carbocycles. The molecule has 0 aliphatic rings. The van der Waals surface area contributed by atoms with Crippen LogP contribution in [0.25, 0.3) is 0 Å². The first-order valence-corrected chi connectivity index (χ1v) is 7.60. The molecule has 0 radical (unpaired) electrons. The van der Waals surface area contributed by atoms with E-state index >= 15 is 0 Å². The van der Waals surface area contributed by atoms with Gasteiger partial charge < -0.3 is 10.8 Å². The third kappa shape index (κ3) is 3.23. The predicted molar refractivity (Wildman–Crippen MR) is 87.1 cm³/mol. The Morgan fingerprint density at radius 1 is 1.20 bits per heavy atom. The van der Waals surface area contributed by atoms with Crippen molar-refractivity contribution in [1.29, 1.82) is 0 Å². The van der Waals surface area contributed by atoms with Crippen LogP contribution in [0.2, 0.25) is 5.02 Å². The second-order valence-electron chi connectivity index (χ2n) is 4.81. The maximum Gasteiger partial charge on any atom is 0.0873 e. The van der Waals surface area contributed by atoms with Gasteiger partial charge in [-0.2, -0.15) is 0 Å². The van der Waals surface area contributed by atoms with Crippen molar-refractivity contribution in [1.82, 2.24) is 0 Å². The Morgan fingerprint density at radius 3 is 2.50 bits per heavy atom. The lowest BCUT2D eigenvalue weighted by atomic mass is 9.87. The standard InChI is InChI=1S/C16H17BrClNO/c1-10-8-11(17)6-7-12(10)16(20)14(9-19)13-4-2-3-5-15(13)18/h2-8,14,16,20H,9,19H2,1H3. The van der Waals surface area contributed by atoms with Gasteiger partial charge in [-0.25, -0.2) is 0 Å². The lowest BCUT2D eigenvalue weighted by Crippen LogP contribution is -2.21. The molecule has 2 rings (SSSR count). The van der Waals surface area contributed by atoms with Crippen molar-refractivity contribution < 1.29 is 5.11 Å². The summed E-state index contributed by atoms with van der Waals surface area (Å²) in [5.74, 6) is -0.219. The zero-order valence-corrected chi connectivity index (χ0v) is 13.5. The van der Waals surface area contributed by atoms with Crippen LogP contribution in [-0.4, -0.2) is 11.7 Å². The third-order valence-electron chi connectivity index (χ3n) is 3.49. The highest BCUT2D eigenvalue weighted by Gasteiger charge is 2.24. The van der Waals surface area contributed by atoms with Gasteiger partial charge in [-0.15, -0.1) is 0 Å². The van der Waals surface area contributed by atoms with Crippen LogP contribution < -0.4 is 5.73 Å². The minimum Gasteiger partial charge on any atom is -0.388 e. The van der Waals surface area contributed by atoms with E-state index in [4.69, 9.17) is 17.3 Å². The molecule has 2 nitrogen and oxygen atoms in total. The molecule has 0 amide bonds. The van der Waals surface area contributed by atoms with E-state index in [1.165, 1.54) is 0 Å². The van der Waals surface area contributed by atoms with Crippen LogP contribution in [0.4, 0.5) is 0 Å². The fraction of sp³-hybridized carbons (Fsp3) is 0.250. The van der Waals surface area contributed by atoms with Crippen LogP contribution in [0, 0.1) is 6.92 Å². The molecule has 0 aromatic heterocycles. The average molecular weight is 355 g/mol. The summed E-state index contributed by atoms with van der Waals surface area (Å²) < 4.78 is 0.994. The molecule has 3 N–H and O–H groups in total. The summed E-state index contributed by atoms with van der Waals surface area (Å²) in [4.78, 5) is 0. The first-order valence-electron chi connectivity index (χ1n) is 6.43. The molecule has 4 heteroatoms. The largest absolute Gasteiger partial charge is 0.388 e. The minimum absolute atomic E-state index is 0.219. The monoisotopic (exact) mass is 353 g/mol. The summed E-state index contributed by atoms with van der Waals surface area (Å²) in [6, 6.07) is 13.3. The van der Waals surface area contributed by atoms with E-state index in [1.807, 2.05) is 49.4 Å². The zero-order chi connectivity index (χ0) is 14.7. The molecule has 0 saturated carbocycles. The van der Waals surface area contributed by atoms with Crippen molar-refractivity contribution in [3.8, 4) is 0 Å². The maximum absolute atomic E-state index is 10.7. The van der Waals surface area contributed by atoms with E-state index < -0.39 is 6.10 Å². The van der Waals surface area contributed by atoms with Gasteiger partial charge >= 0.3 is 0 Å². The zero-order valence-electron chi connectivity index (χ0n) is 11.2. The van der Waals surface area contributed by atoms with E-state index in [2.05, 4.69) is 15.9 Å². The van der Waals surface area contributed by atoms with Crippen molar-refractivity contribution in [3.63, 3.8) is 0 Å². The Morgan fingerprint density at radius 2 is 1.90 bits per heavy atom. The Kier molecular flexibility index (Phi) is 5.22. The lowest BCUT2D eigenvalue weighted by molar-refractivity contribution is 0.147. The highest BCUT2D eigenvalue weighted by molar-refractivity contribution is 9.10. The first-order chi connectivity index (χ1) is 9.54. The molecule has 0 fully saturated rings. The number of rotatable bonds is 4. The molecule has 2 unspecified atom stereocenters. The van der Waals surface area contributed by atoms with E-state index in [-0.39, 0.29) is 5.92 Å². The molecule has 106 valence electrons. The molecular weight excluding hydrogens is 338 g/mol. The van der Waals surface area contributed by atoms with Crippen molar-refractivity contribution in [2.24, 2.45) is 5.73 Å². The minimum atomic E-state index is -0.673. The molecule has 20 heavy (non-hydrogen) atoms. The number of nitrogens with two attached hydrogens (primary N) is 1. The van der Waals surface area contributed by atoms with Crippen molar-refractivity contribution >= 4 is 27.5 Å². The highest BCUT2D eigenvalue weighted by Crippen LogP contribution is 2.35. The van der Waals surface area contributed by atoms with Gasteiger partial charge in [0.05, 0.1) is 6.10 Å². The summed E-state index contributed by atoms with van der Waals surface area (Å²) in [6.45, 7) is 2.31. The normalized spacial score (nSPS) is 14.1. The number of hydrogen-bond acceptors (Lipinski definition) is 2. The van der Waals surface area contributed by atoms with Gasteiger partial charge in [0, 0.05) is 22.0 Å². The van der Waals surface area contributed by atoms with Gasteiger partial charge in [-0.1, -0.05) is 51.8 Å². The van der Waals surface area contributed by atoms with Gasteiger partial charge in [0.1, 0.15) is 0 Å². The fourth-order valence-electron chi connectivity index (χ4n) is 2.39. The van der Waals surface area contributed by atoms with E-state index in [1.54, 1.807) is 0 Å². The summed E-state index contributed by atoms with van der Waals surface area (Å²) in [5, 5.41) is 11.3. The number of hydrogen-bond donors (Lipinski definition) is 2. The van der Waals surface area contributed by atoms with Crippen molar-refractivity contribution in [2.45, 2.75) is 18.9 Å². The van der Waals surface area contributed by atoms with Crippen LogP contribution in [-0.2, 0) is 0 Å². The Hall–Kier alpha value is -0.870. The van der Waals surface area contributed by atoms with Crippen molar-refractivity contribution in [3.05, 3.63) is 68.7 Å². The average Bonchev–Trinajstić information content (AvgIpc) is 2.41. The molecule has 0 spiro atoms. The first kappa shape index (κ1) is 15.5. The molecule has 0 bridgehead atoms. The van der Waals surface area contributed by atoms with Gasteiger partial charge in [-0.05, 0) is 41.8 Å². The SMILES string of the molecule is Cc1cc(Br)ccc1C(O)C(CN)c1ccccc1Cl. The highest BCUT2D eigenvalue weighted by atomic mass is 79.9. The quantitative estimate of drug-likeness (QED) is 0.865. The topological polar surface area (TPSA) is 46.2 Å². The van der Waals surface area contributed by atoms with Gasteiger partial charge in [0.2, 0.25) is 0 Å². The second-order valence-corrected chi connectivity index (χ2v) is 6.13. The number of aliphatic hydroxyl groups excluding tert-OH is 1. The fourth-order valence-corrected chi connectivity index (χ4v) is 3.14. The van der Waals surface area contributed by atoms with Crippen LogP contribution in [0.5, 0.6) is 0 Å². The number of aliphatic hydroxyl groups is 1. The van der Waals surface area contributed by atoms with Gasteiger partial charge in [0.25, 0.3) is 0 Å². The lowest BCUT2D eigenvalue weighted by Gasteiger charge is -2.24. The van der Waals surface area contributed by atoms with Crippen LogP contribution in [0.1, 0.15) is 28.7 Å². The van der Waals surface area contributed by atoms with Crippen LogP contribution >= 0.6 is 27.5 Å². The van der Waals surface area contributed by atoms with Crippen LogP contribution in [0.15, 0.2) is 46.9 Å². The Balaban J connectivity index is 2.39. The Bertz CT molecular complexity index is 603. The number of aryl methyl sites for hydroxylation is 1. The summed E-state index contributed by atoms with van der Waals surface area (Å²) in [7, 11) is 0. The Labute approximate surface area is 132 Å². The van der Waals surface area contributed by atoms with Gasteiger partial charge in [-0.3, -0.25) is 0 Å². The van der Waals surface area contributed by atoms with E-state index in [0.717, 1.165) is 21.2 Å². The molecular formula is C16H17BrClNO. The molecule has 0 aliphatic carbocycles. The molecule has 0 aliphatic heterocycles. The molecule has 2 atom stereocenters. The summed E-state index contributed by atoms with van der Waals surface area (Å²) in [5.41, 5.74) is 8.65. The second kappa shape index (κ2) is 6.72. The van der Waals surface area contributed by atoms with Crippen LogP contribution in [0.3, 0.4) is 0 Å². The number of benzene rings is 2. The van der Waals surface area contributed by atoms with E-state index in [9.17, 15) is 5.11 Å². The van der Waals surface area contributed by atoms with Gasteiger partial charge in [0.15, 0.2) is 0 Å². The predicted octanol–water partition coefficient (Wildman–Crippen LogP) is 4.19. The molecule has 2 aromatic rings. The van der Waals surface area contributed by atoms with E-state index in [0.29, 0.717) is 11.6 Å². The van der Waals surface area contributed by atoms with Crippen molar-refractivity contribution in [2.75, 3.05) is 6.54 Å². The smallest absolute Gasteiger partial charge is 0.0873 e.